The molecule has 0 atom stereocenters. The Kier molecular flexibility index (Phi) is 4.94. The van der Waals surface area contributed by atoms with E-state index in [1.807, 2.05) is 55.5 Å². The van der Waals surface area contributed by atoms with Crippen molar-refractivity contribution < 1.29 is 14.3 Å². The van der Waals surface area contributed by atoms with Gasteiger partial charge in [0.25, 0.3) is 0 Å². The second-order valence-corrected chi connectivity index (χ2v) is 7.13. The van der Waals surface area contributed by atoms with E-state index in [0.717, 1.165) is 11.1 Å². The summed E-state index contributed by atoms with van der Waals surface area (Å²) < 4.78 is 11.0. The van der Waals surface area contributed by atoms with Crippen molar-refractivity contribution in [2.75, 3.05) is 6.61 Å². The fraction of sp³-hybridized carbons (Fsp3) is 0.273. The maximum absolute atomic E-state index is 12.2. The minimum atomic E-state index is -0.453. The average molecular weight is 349 g/mol. The molecule has 0 fully saturated rings. The lowest BCUT2D eigenvalue weighted by atomic mass is 9.87. The molecule has 0 saturated carbocycles. The fourth-order valence-electron chi connectivity index (χ4n) is 2.68. The van der Waals surface area contributed by atoms with Crippen LogP contribution in [0.3, 0.4) is 0 Å². The van der Waals surface area contributed by atoms with Gasteiger partial charge in [-0.2, -0.15) is 0 Å². The summed E-state index contributed by atoms with van der Waals surface area (Å²) in [7, 11) is 0. The highest BCUT2D eigenvalue weighted by atomic mass is 16.6. The zero-order valence-corrected chi connectivity index (χ0v) is 15.6. The number of para-hydroxylation sites is 1. The van der Waals surface area contributed by atoms with E-state index in [9.17, 15) is 4.79 Å². The van der Waals surface area contributed by atoms with Gasteiger partial charge in [0.1, 0.15) is 5.75 Å². The van der Waals surface area contributed by atoms with Gasteiger partial charge in [-0.1, -0.05) is 51.1 Å². The van der Waals surface area contributed by atoms with Crippen molar-refractivity contribution in [1.29, 1.82) is 0 Å². The number of carbonyl (C=O) groups excluding carboxylic acids is 1. The highest BCUT2D eigenvalue weighted by molar-refractivity contribution is 6.12. The summed E-state index contributed by atoms with van der Waals surface area (Å²) in [6, 6.07) is 15.5. The van der Waals surface area contributed by atoms with Crippen LogP contribution in [0.5, 0.6) is 5.75 Å². The summed E-state index contributed by atoms with van der Waals surface area (Å²) in [6.07, 6.45) is 1.70. The molecule has 0 bridgehead atoms. The Balaban J connectivity index is 1.90. The Hall–Kier alpha value is -2.88. The zero-order valence-electron chi connectivity index (χ0n) is 15.6. The van der Waals surface area contributed by atoms with Gasteiger partial charge in [-0.25, -0.2) is 9.79 Å². The largest absolute Gasteiger partial charge is 0.493 e. The third-order valence-electron chi connectivity index (χ3n) is 4.13. The summed E-state index contributed by atoms with van der Waals surface area (Å²) in [5, 5.41) is 0. The summed E-state index contributed by atoms with van der Waals surface area (Å²) in [5.74, 6) is 0.593. The first-order chi connectivity index (χ1) is 12.4. The number of nitrogens with zero attached hydrogens (tertiary/aromatic N) is 1. The smallest absolute Gasteiger partial charge is 0.363 e. The molecule has 0 saturated heterocycles. The van der Waals surface area contributed by atoms with E-state index in [1.54, 1.807) is 6.08 Å². The Morgan fingerprint density at radius 1 is 1.08 bits per heavy atom. The van der Waals surface area contributed by atoms with Gasteiger partial charge in [0.2, 0.25) is 5.90 Å². The molecule has 3 rings (SSSR count). The van der Waals surface area contributed by atoms with Crippen LogP contribution in [0.25, 0.3) is 6.08 Å². The molecule has 0 unspecified atom stereocenters. The van der Waals surface area contributed by atoms with E-state index >= 15 is 0 Å². The van der Waals surface area contributed by atoms with Gasteiger partial charge in [0.05, 0.1) is 6.61 Å². The SMILES string of the molecule is CCOc1ccccc1C=C1N=C(c2ccc(C(C)(C)C)cc2)OC1=O. The fourth-order valence-corrected chi connectivity index (χ4v) is 2.68. The molecule has 0 spiro atoms. The van der Waals surface area contributed by atoms with Gasteiger partial charge >= 0.3 is 5.97 Å². The number of hydrogen-bond acceptors (Lipinski definition) is 4. The van der Waals surface area contributed by atoms with E-state index < -0.39 is 5.97 Å². The Bertz CT molecular complexity index is 871. The third-order valence-corrected chi connectivity index (χ3v) is 4.13. The van der Waals surface area contributed by atoms with Crippen LogP contribution in [0.2, 0.25) is 0 Å². The van der Waals surface area contributed by atoms with Crippen molar-refractivity contribution in [2.45, 2.75) is 33.1 Å². The molecule has 0 aromatic heterocycles. The summed E-state index contributed by atoms with van der Waals surface area (Å²) in [5.41, 5.74) is 3.14. The van der Waals surface area contributed by atoms with Gasteiger partial charge < -0.3 is 9.47 Å². The molecule has 4 nitrogen and oxygen atoms in total. The second kappa shape index (κ2) is 7.16. The lowest BCUT2D eigenvalue weighted by Crippen LogP contribution is -2.11. The van der Waals surface area contributed by atoms with Crippen LogP contribution in [0.1, 0.15) is 44.4 Å². The quantitative estimate of drug-likeness (QED) is 0.592. The van der Waals surface area contributed by atoms with Crippen LogP contribution >= 0.6 is 0 Å². The average Bonchev–Trinajstić information content (AvgIpc) is 2.97. The van der Waals surface area contributed by atoms with Crippen molar-refractivity contribution in [3.8, 4) is 5.75 Å². The van der Waals surface area contributed by atoms with Crippen LogP contribution in [0, 0.1) is 0 Å². The Labute approximate surface area is 154 Å². The number of carbonyl (C=O) groups is 1. The molecule has 0 aliphatic carbocycles. The number of rotatable bonds is 4. The highest BCUT2D eigenvalue weighted by Crippen LogP contribution is 2.26. The van der Waals surface area contributed by atoms with Crippen LogP contribution in [0.15, 0.2) is 59.2 Å². The minimum Gasteiger partial charge on any atom is -0.493 e. The lowest BCUT2D eigenvalue weighted by Gasteiger charge is -2.18. The van der Waals surface area contributed by atoms with Gasteiger partial charge in [-0.15, -0.1) is 0 Å². The van der Waals surface area contributed by atoms with E-state index in [0.29, 0.717) is 18.3 Å². The van der Waals surface area contributed by atoms with E-state index in [1.165, 1.54) is 5.56 Å². The zero-order chi connectivity index (χ0) is 18.7. The van der Waals surface area contributed by atoms with Crippen LogP contribution in [-0.4, -0.2) is 18.5 Å². The molecule has 26 heavy (non-hydrogen) atoms. The number of ether oxygens (including phenoxy) is 2. The van der Waals surface area contributed by atoms with Gasteiger partial charge in [0, 0.05) is 11.1 Å². The lowest BCUT2D eigenvalue weighted by molar-refractivity contribution is -0.129. The first kappa shape index (κ1) is 17.9. The van der Waals surface area contributed by atoms with Crippen LogP contribution in [-0.2, 0) is 14.9 Å². The minimum absolute atomic E-state index is 0.0702. The molecular weight excluding hydrogens is 326 g/mol. The van der Waals surface area contributed by atoms with Crippen molar-refractivity contribution in [1.82, 2.24) is 0 Å². The van der Waals surface area contributed by atoms with Crippen LogP contribution in [0.4, 0.5) is 0 Å². The van der Waals surface area contributed by atoms with Crippen molar-refractivity contribution in [2.24, 2.45) is 4.99 Å². The van der Waals surface area contributed by atoms with E-state index in [2.05, 4.69) is 25.8 Å². The van der Waals surface area contributed by atoms with Crippen molar-refractivity contribution in [3.63, 3.8) is 0 Å². The van der Waals surface area contributed by atoms with E-state index in [4.69, 9.17) is 9.47 Å². The molecule has 0 radical (unpaired) electrons. The molecular formula is C22H23NO3. The summed E-state index contributed by atoms with van der Waals surface area (Å²) >= 11 is 0. The third kappa shape index (κ3) is 3.85. The summed E-state index contributed by atoms with van der Waals surface area (Å²) in [4.78, 5) is 16.6. The first-order valence-electron chi connectivity index (χ1n) is 8.74. The molecule has 1 aliphatic heterocycles. The number of esters is 1. The van der Waals surface area contributed by atoms with Gasteiger partial charge in [-0.05, 0) is 42.2 Å². The van der Waals surface area contributed by atoms with Crippen molar-refractivity contribution in [3.05, 3.63) is 70.9 Å². The highest BCUT2D eigenvalue weighted by Gasteiger charge is 2.25. The molecule has 0 amide bonds. The van der Waals surface area contributed by atoms with Gasteiger partial charge in [-0.3, -0.25) is 0 Å². The number of cyclic esters (lactones) is 1. The molecule has 4 heteroatoms. The summed E-state index contributed by atoms with van der Waals surface area (Å²) in [6.45, 7) is 8.95. The Morgan fingerprint density at radius 2 is 1.77 bits per heavy atom. The molecule has 134 valence electrons. The second-order valence-electron chi connectivity index (χ2n) is 7.13. The number of aliphatic imine (C=N–C) groups is 1. The molecule has 1 heterocycles. The standard InChI is InChI=1S/C22H23NO3/c1-5-25-19-9-7-6-8-16(19)14-18-21(24)26-20(23-18)15-10-12-17(13-11-15)22(2,3)4/h6-14H,5H2,1-4H3. The van der Waals surface area contributed by atoms with Crippen LogP contribution < -0.4 is 4.74 Å². The molecule has 2 aromatic rings. The maximum Gasteiger partial charge on any atom is 0.363 e. The predicted octanol–water partition coefficient (Wildman–Crippen LogP) is 4.73. The van der Waals surface area contributed by atoms with Gasteiger partial charge in [0.15, 0.2) is 5.70 Å². The monoisotopic (exact) mass is 349 g/mol. The first-order valence-corrected chi connectivity index (χ1v) is 8.74. The topological polar surface area (TPSA) is 47.9 Å². The maximum atomic E-state index is 12.2. The van der Waals surface area contributed by atoms with Crippen molar-refractivity contribution >= 4 is 17.9 Å². The Morgan fingerprint density at radius 3 is 2.42 bits per heavy atom. The molecule has 2 aromatic carbocycles. The number of hydrogen-bond donors (Lipinski definition) is 0. The predicted molar refractivity (Wildman–Crippen MR) is 103 cm³/mol. The van der Waals surface area contributed by atoms with E-state index in [-0.39, 0.29) is 11.1 Å². The normalized spacial score (nSPS) is 15.8. The number of benzene rings is 2. The molecule has 1 aliphatic rings. The molecule has 0 N–H and O–H groups in total.